The highest BCUT2D eigenvalue weighted by atomic mass is 32.2. The van der Waals surface area contributed by atoms with Crippen molar-refractivity contribution in [1.29, 1.82) is 0 Å². The van der Waals surface area contributed by atoms with Gasteiger partial charge >= 0.3 is 0 Å². The maximum atomic E-state index is 12.7. The highest BCUT2D eigenvalue weighted by Gasteiger charge is 2.24. The van der Waals surface area contributed by atoms with Crippen molar-refractivity contribution in [2.75, 3.05) is 7.05 Å². The van der Waals surface area contributed by atoms with Crippen LogP contribution in [0.1, 0.15) is 26.3 Å². The summed E-state index contributed by atoms with van der Waals surface area (Å²) in [7, 11) is -2.05. The highest BCUT2D eigenvalue weighted by molar-refractivity contribution is 7.89. The molecule has 0 atom stereocenters. The summed E-state index contributed by atoms with van der Waals surface area (Å²) in [6, 6.07) is 14.3. The third kappa shape index (κ3) is 5.14. The molecule has 0 aliphatic heterocycles. The minimum atomic E-state index is -3.64. The molecule has 0 fully saturated rings. The second-order valence-electron chi connectivity index (χ2n) is 6.90. The molecular formula is C19H24N2O3S. The molecule has 1 amide bonds. The van der Waals surface area contributed by atoms with Crippen molar-refractivity contribution in [2.45, 2.75) is 37.6 Å². The molecule has 0 unspecified atom stereocenters. The Morgan fingerprint density at radius 3 is 2.16 bits per heavy atom. The van der Waals surface area contributed by atoms with Gasteiger partial charge in [-0.15, -0.1) is 0 Å². The molecule has 25 heavy (non-hydrogen) atoms. The SMILES string of the molecule is CNC(=O)Cc1ccc(-c2ccccc2S(=O)(=O)NC(C)(C)C)cc1. The molecular weight excluding hydrogens is 336 g/mol. The van der Waals surface area contributed by atoms with Crippen LogP contribution < -0.4 is 10.0 Å². The van der Waals surface area contributed by atoms with Crippen molar-refractivity contribution in [2.24, 2.45) is 0 Å². The second kappa shape index (κ2) is 7.37. The van der Waals surface area contributed by atoms with E-state index in [-0.39, 0.29) is 10.8 Å². The maximum absolute atomic E-state index is 12.7. The van der Waals surface area contributed by atoms with E-state index in [1.807, 2.05) is 30.3 Å². The minimum absolute atomic E-state index is 0.0647. The van der Waals surface area contributed by atoms with E-state index >= 15 is 0 Å². The Morgan fingerprint density at radius 2 is 1.60 bits per heavy atom. The molecule has 5 nitrogen and oxygen atoms in total. The molecule has 0 saturated carbocycles. The van der Waals surface area contributed by atoms with Gasteiger partial charge in [-0.05, 0) is 38.0 Å². The number of carbonyl (C=O) groups is 1. The van der Waals surface area contributed by atoms with E-state index < -0.39 is 15.6 Å². The molecule has 0 aliphatic rings. The Kier molecular flexibility index (Phi) is 5.65. The Balaban J connectivity index is 2.40. The van der Waals surface area contributed by atoms with Gasteiger partial charge < -0.3 is 5.32 Å². The zero-order valence-corrected chi connectivity index (χ0v) is 15.8. The molecule has 134 valence electrons. The summed E-state index contributed by atoms with van der Waals surface area (Å²) in [6.45, 7) is 5.42. The Bertz CT molecular complexity index is 851. The number of carbonyl (C=O) groups excluding carboxylic acids is 1. The molecule has 0 heterocycles. The van der Waals surface area contributed by atoms with E-state index in [2.05, 4.69) is 10.0 Å². The predicted octanol–water partition coefficient (Wildman–Crippen LogP) is 2.72. The van der Waals surface area contributed by atoms with E-state index in [0.29, 0.717) is 12.0 Å². The van der Waals surface area contributed by atoms with Gasteiger partial charge in [-0.1, -0.05) is 42.5 Å². The smallest absolute Gasteiger partial charge is 0.241 e. The summed E-state index contributed by atoms with van der Waals surface area (Å²) < 4.78 is 28.1. The molecule has 0 aliphatic carbocycles. The van der Waals surface area contributed by atoms with E-state index in [1.165, 1.54) is 0 Å². The monoisotopic (exact) mass is 360 g/mol. The first kappa shape index (κ1) is 19.1. The van der Waals surface area contributed by atoms with Crippen LogP contribution in [-0.4, -0.2) is 26.9 Å². The van der Waals surface area contributed by atoms with Gasteiger partial charge in [0.25, 0.3) is 0 Å². The maximum Gasteiger partial charge on any atom is 0.241 e. The number of hydrogen-bond acceptors (Lipinski definition) is 3. The number of likely N-dealkylation sites (N-methyl/N-ethyl adjacent to an activating group) is 1. The van der Waals surface area contributed by atoms with Crippen LogP contribution in [0, 0.1) is 0 Å². The molecule has 0 saturated heterocycles. The molecule has 2 aromatic carbocycles. The lowest BCUT2D eigenvalue weighted by atomic mass is 10.0. The summed E-state index contributed by atoms with van der Waals surface area (Å²) in [5.74, 6) is -0.0647. The number of sulfonamides is 1. The van der Waals surface area contributed by atoms with Crippen molar-refractivity contribution in [3.63, 3.8) is 0 Å². The summed E-state index contributed by atoms with van der Waals surface area (Å²) in [5, 5.41) is 2.58. The molecule has 0 radical (unpaired) electrons. The van der Waals surface area contributed by atoms with E-state index in [1.54, 1.807) is 46.0 Å². The second-order valence-corrected chi connectivity index (χ2v) is 8.55. The first-order chi connectivity index (χ1) is 11.6. The van der Waals surface area contributed by atoms with Crippen LogP contribution in [0.5, 0.6) is 0 Å². The molecule has 2 rings (SSSR count). The normalized spacial score (nSPS) is 12.0. The van der Waals surface area contributed by atoms with Crippen LogP contribution in [0.3, 0.4) is 0 Å². The molecule has 6 heteroatoms. The molecule has 0 bridgehead atoms. The van der Waals surface area contributed by atoms with Gasteiger partial charge in [0.1, 0.15) is 0 Å². The van der Waals surface area contributed by atoms with Crippen molar-refractivity contribution in [3.05, 3.63) is 54.1 Å². The Hall–Kier alpha value is -2.18. The quantitative estimate of drug-likeness (QED) is 0.861. The number of benzene rings is 2. The third-order valence-electron chi connectivity index (χ3n) is 3.53. The molecule has 0 aromatic heterocycles. The number of nitrogens with one attached hydrogen (secondary N) is 2. The third-order valence-corrected chi connectivity index (χ3v) is 5.34. The number of hydrogen-bond donors (Lipinski definition) is 2. The van der Waals surface area contributed by atoms with Gasteiger partial charge in [0.05, 0.1) is 11.3 Å². The lowest BCUT2D eigenvalue weighted by Crippen LogP contribution is -2.40. The van der Waals surface area contributed by atoms with E-state index in [4.69, 9.17) is 0 Å². The fourth-order valence-electron chi connectivity index (χ4n) is 2.47. The highest BCUT2D eigenvalue weighted by Crippen LogP contribution is 2.28. The number of amides is 1. The molecule has 2 aromatic rings. The van der Waals surface area contributed by atoms with Crippen LogP contribution >= 0.6 is 0 Å². The van der Waals surface area contributed by atoms with Crippen molar-refractivity contribution in [3.8, 4) is 11.1 Å². The van der Waals surface area contributed by atoms with Crippen molar-refractivity contribution in [1.82, 2.24) is 10.0 Å². The van der Waals surface area contributed by atoms with Crippen LogP contribution in [0.2, 0.25) is 0 Å². The zero-order chi connectivity index (χ0) is 18.7. The van der Waals surface area contributed by atoms with Gasteiger partial charge in [0.2, 0.25) is 15.9 Å². The summed E-state index contributed by atoms with van der Waals surface area (Å²) >= 11 is 0. The van der Waals surface area contributed by atoms with Gasteiger partial charge in [0, 0.05) is 18.2 Å². The standard InChI is InChI=1S/C19H24N2O3S/c1-19(2,3)21-25(23,24)17-8-6-5-7-16(17)15-11-9-14(10-12-15)13-18(22)20-4/h5-12,21H,13H2,1-4H3,(H,20,22). The average molecular weight is 360 g/mol. The molecule has 2 N–H and O–H groups in total. The molecule has 0 spiro atoms. The van der Waals surface area contributed by atoms with E-state index in [0.717, 1.165) is 11.1 Å². The van der Waals surface area contributed by atoms with E-state index in [9.17, 15) is 13.2 Å². The first-order valence-electron chi connectivity index (χ1n) is 8.05. The first-order valence-corrected chi connectivity index (χ1v) is 9.53. The van der Waals surface area contributed by atoms with Gasteiger partial charge in [-0.2, -0.15) is 0 Å². The van der Waals surface area contributed by atoms with Crippen LogP contribution in [0.15, 0.2) is 53.4 Å². The predicted molar refractivity (Wildman–Crippen MR) is 99.7 cm³/mol. The summed E-state index contributed by atoms with van der Waals surface area (Å²) in [6.07, 6.45) is 0.294. The van der Waals surface area contributed by atoms with Gasteiger partial charge in [-0.3, -0.25) is 4.79 Å². The summed E-state index contributed by atoms with van der Waals surface area (Å²) in [4.78, 5) is 11.7. The zero-order valence-electron chi connectivity index (χ0n) is 15.0. The number of rotatable bonds is 5. The fraction of sp³-hybridized carbons (Fsp3) is 0.316. The Morgan fingerprint density at radius 1 is 1.00 bits per heavy atom. The lowest BCUT2D eigenvalue weighted by Gasteiger charge is -2.21. The lowest BCUT2D eigenvalue weighted by molar-refractivity contribution is -0.119. The topological polar surface area (TPSA) is 75.3 Å². The fourth-order valence-corrected chi connectivity index (χ4v) is 4.12. The minimum Gasteiger partial charge on any atom is -0.359 e. The van der Waals surface area contributed by atoms with Crippen molar-refractivity contribution >= 4 is 15.9 Å². The van der Waals surface area contributed by atoms with Crippen LogP contribution in [0.25, 0.3) is 11.1 Å². The average Bonchev–Trinajstić information content (AvgIpc) is 2.53. The van der Waals surface area contributed by atoms with Gasteiger partial charge in [0.15, 0.2) is 0 Å². The summed E-state index contributed by atoms with van der Waals surface area (Å²) in [5.41, 5.74) is 1.72. The van der Waals surface area contributed by atoms with Gasteiger partial charge in [-0.25, -0.2) is 13.1 Å². The Labute approximate surface area is 149 Å². The van der Waals surface area contributed by atoms with Crippen LogP contribution in [0.4, 0.5) is 0 Å². The van der Waals surface area contributed by atoms with Crippen LogP contribution in [-0.2, 0) is 21.2 Å². The largest absolute Gasteiger partial charge is 0.359 e. The van der Waals surface area contributed by atoms with Crippen molar-refractivity contribution < 1.29 is 13.2 Å².